The third kappa shape index (κ3) is 6.74. The number of alkyl carbamates (subject to hydrolysis) is 1. The van der Waals surface area contributed by atoms with Crippen molar-refractivity contribution in [1.29, 1.82) is 0 Å². The van der Waals surface area contributed by atoms with Gasteiger partial charge >= 0.3 is 6.09 Å². The summed E-state index contributed by atoms with van der Waals surface area (Å²) < 4.78 is 5.32. The maximum absolute atomic E-state index is 13.2. The third-order valence-electron chi connectivity index (χ3n) is 6.27. The van der Waals surface area contributed by atoms with Crippen LogP contribution in [-0.4, -0.2) is 45.6 Å². The molecule has 0 bridgehead atoms. The molecule has 2 amide bonds. The first kappa shape index (κ1) is 24.6. The first-order valence-electron chi connectivity index (χ1n) is 12.2. The molecule has 1 saturated carbocycles. The maximum Gasteiger partial charge on any atom is 0.407 e. The van der Waals surface area contributed by atoms with Gasteiger partial charge in [-0.3, -0.25) is 4.79 Å². The number of nitrogens with one attached hydrogen (secondary N) is 2. The summed E-state index contributed by atoms with van der Waals surface area (Å²) in [6, 6.07) is 9.48. The number of ether oxygens (including phenoxy) is 1. The molecule has 1 aromatic carbocycles. The van der Waals surface area contributed by atoms with E-state index in [4.69, 9.17) is 9.72 Å². The van der Waals surface area contributed by atoms with E-state index in [9.17, 15) is 9.59 Å². The van der Waals surface area contributed by atoms with Gasteiger partial charge in [0.2, 0.25) is 0 Å². The smallest absolute Gasteiger partial charge is 0.407 e. The number of carbonyl (C=O) groups excluding carboxylic acids is 2. The SMILES string of the molecule is CC(C)(C)OC(=O)NC[C@H]1CC[C@H](CNC(=O)c2cc(-c3cncnc3)nc3ccccc23)CC1. The van der Waals surface area contributed by atoms with Crippen LogP contribution in [0.3, 0.4) is 0 Å². The van der Waals surface area contributed by atoms with E-state index in [-0.39, 0.29) is 12.0 Å². The van der Waals surface area contributed by atoms with Crippen LogP contribution in [0.5, 0.6) is 0 Å². The molecule has 3 aromatic rings. The Morgan fingerprint density at radius 3 is 2.26 bits per heavy atom. The van der Waals surface area contributed by atoms with Gasteiger partial charge in [0.1, 0.15) is 11.9 Å². The number of fused-ring (bicyclic) bond motifs is 1. The van der Waals surface area contributed by atoms with Crippen LogP contribution in [0.15, 0.2) is 49.1 Å². The number of hydrogen-bond donors (Lipinski definition) is 2. The first-order valence-corrected chi connectivity index (χ1v) is 12.2. The fraction of sp³-hybridized carbons (Fsp3) is 0.444. The number of nitrogens with zero attached hydrogens (tertiary/aromatic N) is 3. The minimum atomic E-state index is -0.490. The zero-order valence-corrected chi connectivity index (χ0v) is 20.6. The highest BCUT2D eigenvalue weighted by atomic mass is 16.6. The second-order valence-corrected chi connectivity index (χ2v) is 10.2. The van der Waals surface area contributed by atoms with Gasteiger partial charge in [-0.2, -0.15) is 0 Å². The lowest BCUT2D eigenvalue weighted by atomic mass is 9.82. The largest absolute Gasteiger partial charge is 0.444 e. The van der Waals surface area contributed by atoms with Crippen molar-refractivity contribution in [3.8, 4) is 11.3 Å². The predicted molar refractivity (Wildman–Crippen MR) is 135 cm³/mol. The van der Waals surface area contributed by atoms with Crippen molar-refractivity contribution >= 4 is 22.9 Å². The number of benzene rings is 1. The minimum absolute atomic E-state index is 0.101. The van der Waals surface area contributed by atoms with Crippen molar-refractivity contribution in [2.45, 2.75) is 52.1 Å². The monoisotopic (exact) mass is 475 g/mol. The molecule has 8 nitrogen and oxygen atoms in total. The number of aromatic nitrogens is 3. The number of para-hydroxylation sites is 1. The normalized spacial score (nSPS) is 18.1. The highest BCUT2D eigenvalue weighted by Crippen LogP contribution is 2.29. The van der Waals surface area contributed by atoms with E-state index >= 15 is 0 Å². The summed E-state index contributed by atoms with van der Waals surface area (Å²) in [5, 5.41) is 6.85. The molecule has 1 fully saturated rings. The Morgan fingerprint density at radius 2 is 1.60 bits per heavy atom. The highest BCUT2D eigenvalue weighted by Gasteiger charge is 2.24. The van der Waals surface area contributed by atoms with E-state index in [0.717, 1.165) is 42.1 Å². The van der Waals surface area contributed by atoms with Crippen molar-refractivity contribution in [2.24, 2.45) is 11.8 Å². The molecule has 4 rings (SSSR count). The summed E-state index contributed by atoms with van der Waals surface area (Å²) in [4.78, 5) is 38.0. The standard InChI is InChI=1S/C27H33N5O3/c1-27(2,3)35-26(34)31-14-19-10-8-18(9-11-19)13-30-25(33)22-12-24(20-15-28-17-29-16-20)32-23-7-5-4-6-21(22)23/h4-7,12,15-19H,8-11,13-14H2,1-3H3,(H,30,33)(H,31,34)/t18-,19-. The van der Waals surface area contributed by atoms with Crippen LogP contribution in [0.1, 0.15) is 56.8 Å². The first-order chi connectivity index (χ1) is 16.8. The van der Waals surface area contributed by atoms with Gasteiger partial charge in [0.25, 0.3) is 5.91 Å². The number of rotatable bonds is 6. The van der Waals surface area contributed by atoms with Crippen molar-refractivity contribution in [3.05, 3.63) is 54.6 Å². The van der Waals surface area contributed by atoms with Gasteiger partial charge in [-0.05, 0) is 70.4 Å². The molecule has 35 heavy (non-hydrogen) atoms. The summed E-state index contributed by atoms with van der Waals surface area (Å²) in [7, 11) is 0. The molecule has 0 unspecified atom stereocenters. The van der Waals surface area contributed by atoms with Gasteiger partial charge in [0.15, 0.2) is 0 Å². The van der Waals surface area contributed by atoms with Gasteiger partial charge in [-0.15, -0.1) is 0 Å². The summed E-state index contributed by atoms with van der Waals surface area (Å²) in [6.45, 7) is 6.83. The number of carbonyl (C=O) groups is 2. The Balaban J connectivity index is 1.33. The quantitative estimate of drug-likeness (QED) is 0.533. The average Bonchev–Trinajstić information content (AvgIpc) is 2.85. The molecule has 2 aromatic heterocycles. The molecule has 184 valence electrons. The molecule has 1 aliphatic carbocycles. The van der Waals surface area contributed by atoms with Crippen LogP contribution in [0, 0.1) is 11.8 Å². The Hall–Kier alpha value is -3.55. The van der Waals surface area contributed by atoms with Crippen molar-refractivity contribution in [1.82, 2.24) is 25.6 Å². The van der Waals surface area contributed by atoms with Gasteiger partial charge in [0.05, 0.1) is 16.8 Å². The van der Waals surface area contributed by atoms with Crippen LogP contribution in [0.25, 0.3) is 22.2 Å². The Labute approximate surface area is 205 Å². The van der Waals surface area contributed by atoms with Crippen molar-refractivity contribution in [3.63, 3.8) is 0 Å². The summed E-state index contributed by atoms with van der Waals surface area (Å²) >= 11 is 0. The number of hydrogen-bond acceptors (Lipinski definition) is 6. The Kier molecular flexibility index (Phi) is 7.58. The van der Waals surface area contributed by atoms with Gasteiger partial charge in [-0.25, -0.2) is 19.7 Å². The fourth-order valence-electron chi connectivity index (χ4n) is 4.46. The van der Waals surface area contributed by atoms with Crippen LogP contribution in [0.4, 0.5) is 4.79 Å². The fourth-order valence-corrected chi connectivity index (χ4v) is 4.46. The molecule has 0 radical (unpaired) electrons. The lowest BCUT2D eigenvalue weighted by Crippen LogP contribution is -2.37. The molecule has 0 saturated heterocycles. The van der Waals surface area contributed by atoms with Crippen LogP contribution < -0.4 is 10.6 Å². The van der Waals surface area contributed by atoms with Gasteiger partial charge in [0, 0.05) is 36.4 Å². The maximum atomic E-state index is 13.2. The summed E-state index contributed by atoms with van der Waals surface area (Å²) in [6.07, 6.45) is 8.58. The van der Waals surface area contributed by atoms with Crippen molar-refractivity contribution in [2.75, 3.05) is 13.1 Å². The average molecular weight is 476 g/mol. The van der Waals surface area contributed by atoms with Gasteiger partial charge in [-0.1, -0.05) is 18.2 Å². The Bertz CT molecular complexity index is 1170. The van der Waals surface area contributed by atoms with E-state index in [0.29, 0.717) is 36.2 Å². The van der Waals surface area contributed by atoms with E-state index in [2.05, 4.69) is 20.6 Å². The predicted octanol–water partition coefficient (Wildman–Crippen LogP) is 4.75. The van der Waals surface area contributed by atoms with E-state index in [1.54, 1.807) is 12.4 Å². The molecule has 2 heterocycles. The second-order valence-electron chi connectivity index (χ2n) is 10.2. The molecule has 1 aliphatic rings. The van der Waals surface area contributed by atoms with E-state index < -0.39 is 5.60 Å². The topological polar surface area (TPSA) is 106 Å². The lowest BCUT2D eigenvalue weighted by Gasteiger charge is -2.29. The second kappa shape index (κ2) is 10.8. The highest BCUT2D eigenvalue weighted by molar-refractivity contribution is 6.07. The third-order valence-corrected chi connectivity index (χ3v) is 6.27. The summed E-state index contributed by atoms with van der Waals surface area (Å²) in [5.41, 5.74) is 2.31. The number of amides is 2. The lowest BCUT2D eigenvalue weighted by molar-refractivity contribution is 0.0512. The Morgan fingerprint density at radius 1 is 0.971 bits per heavy atom. The van der Waals surface area contributed by atoms with Gasteiger partial charge < -0.3 is 15.4 Å². The molecule has 8 heteroatoms. The molecule has 2 N–H and O–H groups in total. The molecular weight excluding hydrogens is 442 g/mol. The summed E-state index contributed by atoms with van der Waals surface area (Å²) in [5.74, 6) is 0.761. The van der Waals surface area contributed by atoms with Crippen LogP contribution in [0.2, 0.25) is 0 Å². The van der Waals surface area contributed by atoms with Crippen LogP contribution >= 0.6 is 0 Å². The molecule has 0 aliphatic heterocycles. The van der Waals surface area contributed by atoms with E-state index in [1.165, 1.54) is 6.33 Å². The molecule has 0 spiro atoms. The minimum Gasteiger partial charge on any atom is -0.444 e. The zero-order chi connectivity index (χ0) is 24.8. The molecular formula is C27H33N5O3. The zero-order valence-electron chi connectivity index (χ0n) is 20.6. The van der Waals surface area contributed by atoms with Crippen LogP contribution in [-0.2, 0) is 4.74 Å². The number of pyridine rings is 1. The van der Waals surface area contributed by atoms with E-state index in [1.807, 2.05) is 51.1 Å². The molecule has 0 atom stereocenters. The van der Waals surface area contributed by atoms with Crippen molar-refractivity contribution < 1.29 is 14.3 Å².